The summed E-state index contributed by atoms with van der Waals surface area (Å²) in [5.41, 5.74) is 1.18. The average Bonchev–Trinajstić information content (AvgIpc) is 2.56. The molecule has 0 atom stereocenters. The lowest BCUT2D eigenvalue weighted by molar-refractivity contribution is 0.102. The molecule has 0 bridgehead atoms. The standard InChI is InChI=1S/C18H15N3O2/c1-13-7-5-11-16(20-13)21-17(22)15-10-6-12-19-18(15)23-14-8-3-2-4-9-14/h2-12H,1H3,(H,20,21,22). The molecule has 5 heteroatoms. The number of carbonyl (C=O) groups excluding carboxylic acids is 1. The summed E-state index contributed by atoms with van der Waals surface area (Å²) in [6.45, 7) is 1.86. The van der Waals surface area contributed by atoms with E-state index in [2.05, 4.69) is 15.3 Å². The van der Waals surface area contributed by atoms with Crippen LogP contribution in [0.1, 0.15) is 16.1 Å². The van der Waals surface area contributed by atoms with Crippen molar-refractivity contribution in [3.8, 4) is 11.6 Å². The Balaban J connectivity index is 1.83. The Morgan fingerprint density at radius 3 is 2.61 bits per heavy atom. The van der Waals surface area contributed by atoms with Crippen molar-refractivity contribution in [2.45, 2.75) is 6.92 Å². The highest BCUT2D eigenvalue weighted by molar-refractivity contribution is 6.05. The summed E-state index contributed by atoms with van der Waals surface area (Å²) >= 11 is 0. The van der Waals surface area contributed by atoms with Gasteiger partial charge in [0.1, 0.15) is 17.1 Å². The Labute approximate surface area is 134 Å². The number of benzene rings is 1. The first-order valence-electron chi connectivity index (χ1n) is 7.15. The molecule has 2 heterocycles. The van der Waals surface area contributed by atoms with Gasteiger partial charge in [-0.2, -0.15) is 0 Å². The van der Waals surface area contributed by atoms with Crippen molar-refractivity contribution >= 4 is 11.7 Å². The Morgan fingerprint density at radius 1 is 1.00 bits per heavy atom. The third kappa shape index (κ3) is 3.71. The number of para-hydroxylation sites is 1. The fourth-order valence-corrected chi connectivity index (χ4v) is 2.04. The number of anilines is 1. The second-order valence-corrected chi connectivity index (χ2v) is 4.89. The molecule has 3 rings (SSSR count). The Kier molecular flexibility index (Phi) is 4.29. The van der Waals surface area contributed by atoms with Crippen LogP contribution in [0.25, 0.3) is 0 Å². The lowest BCUT2D eigenvalue weighted by Crippen LogP contribution is -2.14. The summed E-state index contributed by atoms with van der Waals surface area (Å²) in [5.74, 6) is 1.05. The van der Waals surface area contributed by atoms with E-state index in [0.29, 0.717) is 17.1 Å². The van der Waals surface area contributed by atoms with Gasteiger partial charge in [0.25, 0.3) is 5.91 Å². The Bertz CT molecular complexity index is 819. The normalized spacial score (nSPS) is 10.1. The molecule has 0 radical (unpaired) electrons. The van der Waals surface area contributed by atoms with E-state index in [1.54, 1.807) is 36.5 Å². The SMILES string of the molecule is Cc1cccc(NC(=O)c2cccnc2Oc2ccccc2)n1. The van der Waals surface area contributed by atoms with Crippen molar-refractivity contribution in [2.75, 3.05) is 5.32 Å². The zero-order valence-corrected chi connectivity index (χ0v) is 12.6. The fraction of sp³-hybridized carbons (Fsp3) is 0.0556. The van der Waals surface area contributed by atoms with E-state index >= 15 is 0 Å². The van der Waals surface area contributed by atoms with Crippen LogP contribution in [-0.4, -0.2) is 15.9 Å². The zero-order chi connectivity index (χ0) is 16.1. The van der Waals surface area contributed by atoms with Gasteiger partial charge in [0.05, 0.1) is 0 Å². The van der Waals surface area contributed by atoms with Crippen LogP contribution in [-0.2, 0) is 0 Å². The molecule has 114 valence electrons. The number of amides is 1. The average molecular weight is 305 g/mol. The highest BCUT2D eigenvalue weighted by atomic mass is 16.5. The number of hydrogen-bond donors (Lipinski definition) is 1. The number of nitrogens with zero attached hydrogens (tertiary/aromatic N) is 2. The maximum absolute atomic E-state index is 12.5. The number of pyridine rings is 2. The maximum Gasteiger partial charge on any atom is 0.262 e. The lowest BCUT2D eigenvalue weighted by Gasteiger charge is -2.10. The van der Waals surface area contributed by atoms with Gasteiger partial charge in [-0.25, -0.2) is 9.97 Å². The molecule has 0 aliphatic carbocycles. The van der Waals surface area contributed by atoms with Crippen molar-refractivity contribution in [3.05, 3.63) is 78.1 Å². The molecule has 0 saturated heterocycles. The second-order valence-electron chi connectivity index (χ2n) is 4.89. The number of ether oxygens (including phenoxy) is 1. The fourth-order valence-electron chi connectivity index (χ4n) is 2.04. The predicted molar refractivity (Wildman–Crippen MR) is 87.7 cm³/mol. The van der Waals surface area contributed by atoms with Gasteiger partial charge >= 0.3 is 0 Å². The molecule has 0 aliphatic rings. The molecular formula is C18H15N3O2. The van der Waals surface area contributed by atoms with E-state index in [4.69, 9.17) is 4.74 Å². The first-order valence-corrected chi connectivity index (χ1v) is 7.15. The molecule has 0 aliphatic heterocycles. The van der Waals surface area contributed by atoms with Crippen molar-refractivity contribution in [1.29, 1.82) is 0 Å². The summed E-state index contributed by atoms with van der Waals surface area (Å²) in [6, 6.07) is 18.0. The van der Waals surface area contributed by atoms with Crippen molar-refractivity contribution in [1.82, 2.24) is 9.97 Å². The van der Waals surface area contributed by atoms with Crippen molar-refractivity contribution in [3.63, 3.8) is 0 Å². The van der Waals surface area contributed by atoms with Gasteiger partial charge in [0.15, 0.2) is 0 Å². The highest BCUT2D eigenvalue weighted by Gasteiger charge is 2.15. The Hall–Kier alpha value is -3.21. The molecule has 1 N–H and O–H groups in total. The smallest absolute Gasteiger partial charge is 0.262 e. The first-order chi connectivity index (χ1) is 11.2. The third-order valence-corrected chi connectivity index (χ3v) is 3.10. The molecule has 23 heavy (non-hydrogen) atoms. The molecule has 1 aromatic carbocycles. The molecule has 5 nitrogen and oxygen atoms in total. The van der Waals surface area contributed by atoms with Crippen molar-refractivity contribution in [2.24, 2.45) is 0 Å². The van der Waals surface area contributed by atoms with E-state index in [1.807, 2.05) is 37.3 Å². The summed E-state index contributed by atoms with van der Waals surface area (Å²) in [7, 11) is 0. The van der Waals surface area contributed by atoms with E-state index < -0.39 is 0 Å². The quantitative estimate of drug-likeness (QED) is 0.795. The molecule has 0 fully saturated rings. The molecule has 0 spiro atoms. The predicted octanol–water partition coefficient (Wildman–Crippen LogP) is 3.83. The molecule has 1 amide bonds. The van der Waals surface area contributed by atoms with Crippen LogP contribution in [0.15, 0.2) is 66.9 Å². The van der Waals surface area contributed by atoms with Gasteiger partial charge in [-0.05, 0) is 43.3 Å². The number of aryl methyl sites for hydroxylation is 1. The molecule has 2 aromatic heterocycles. The largest absolute Gasteiger partial charge is 0.438 e. The highest BCUT2D eigenvalue weighted by Crippen LogP contribution is 2.23. The maximum atomic E-state index is 12.5. The molecular weight excluding hydrogens is 290 g/mol. The van der Waals surface area contributed by atoms with Gasteiger partial charge in [0.2, 0.25) is 5.88 Å². The second kappa shape index (κ2) is 6.70. The van der Waals surface area contributed by atoms with Crippen LogP contribution in [0.4, 0.5) is 5.82 Å². The number of rotatable bonds is 4. The first kappa shape index (κ1) is 14.7. The number of carbonyl (C=O) groups is 1. The van der Waals surface area contributed by atoms with Crippen LogP contribution >= 0.6 is 0 Å². The third-order valence-electron chi connectivity index (χ3n) is 3.10. The minimum Gasteiger partial charge on any atom is -0.438 e. The minimum absolute atomic E-state index is 0.254. The van der Waals surface area contributed by atoms with Crippen LogP contribution in [0.2, 0.25) is 0 Å². The van der Waals surface area contributed by atoms with Gasteiger partial charge in [0, 0.05) is 11.9 Å². The van der Waals surface area contributed by atoms with Gasteiger partial charge in [-0.15, -0.1) is 0 Å². The Morgan fingerprint density at radius 2 is 1.83 bits per heavy atom. The van der Waals surface area contributed by atoms with Crippen LogP contribution in [0, 0.1) is 6.92 Å². The van der Waals surface area contributed by atoms with Gasteiger partial charge in [-0.1, -0.05) is 24.3 Å². The lowest BCUT2D eigenvalue weighted by atomic mass is 10.2. The van der Waals surface area contributed by atoms with E-state index in [1.165, 1.54) is 0 Å². The molecule has 0 saturated carbocycles. The summed E-state index contributed by atoms with van der Waals surface area (Å²) in [4.78, 5) is 20.9. The van der Waals surface area contributed by atoms with Gasteiger partial charge < -0.3 is 10.1 Å². The zero-order valence-electron chi connectivity index (χ0n) is 12.6. The minimum atomic E-state index is -0.317. The van der Waals surface area contributed by atoms with Gasteiger partial charge in [-0.3, -0.25) is 4.79 Å². The van der Waals surface area contributed by atoms with E-state index in [0.717, 1.165) is 5.69 Å². The summed E-state index contributed by atoms with van der Waals surface area (Å²) < 4.78 is 5.70. The van der Waals surface area contributed by atoms with Crippen LogP contribution < -0.4 is 10.1 Å². The van der Waals surface area contributed by atoms with Crippen LogP contribution in [0.3, 0.4) is 0 Å². The number of nitrogens with one attached hydrogen (secondary N) is 1. The monoisotopic (exact) mass is 305 g/mol. The summed E-state index contributed by atoms with van der Waals surface area (Å²) in [5, 5.41) is 2.76. The number of aromatic nitrogens is 2. The van der Waals surface area contributed by atoms with E-state index in [9.17, 15) is 4.79 Å². The molecule has 0 unspecified atom stereocenters. The number of hydrogen-bond acceptors (Lipinski definition) is 4. The van der Waals surface area contributed by atoms with Crippen LogP contribution in [0.5, 0.6) is 11.6 Å². The summed E-state index contributed by atoms with van der Waals surface area (Å²) in [6.07, 6.45) is 1.58. The van der Waals surface area contributed by atoms with Crippen molar-refractivity contribution < 1.29 is 9.53 Å². The van der Waals surface area contributed by atoms with E-state index in [-0.39, 0.29) is 11.8 Å². The molecule has 3 aromatic rings. The topological polar surface area (TPSA) is 64.1 Å².